The third-order valence-electron chi connectivity index (χ3n) is 11.4. The maximum atomic E-state index is 12.7. The molecule has 0 aliphatic carbocycles. The summed E-state index contributed by atoms with van der Waals surface area (Å²) in [5.74, 6) is -0.859. The Morgan fingerprint density at radius 3 is 0.714 bits per heavy atom. The van der Waals surface area contributed by atoms with Crippen LogP contribution in [0.4, 0.5) is 0 Å². The van der Waals surface area contributed by atoms with Gasteiger partial charge in [-0.25, -0.2) is 0 Å². The zero-order valence-electron chi connectivity index (χ0n) is 37.9. The molecule has 6 nitrogen and oxygen atoms in total. The molecular weight excluding hydrogens is 697 g/mol. The zero-order chi connectivity index (χ0) is 40.8. The predicted molar refractivity (Wildman–Crippen MR) is 238 cm³/mol. The number of carbonyl (C=O) groups excluding carboxylic acids is 3. The Balaban J connectivity index is 4.11. The first-order valence-corrected chi connectivity index (χ1v) is 25.0. The second-order valence-electron chi connectivity index (χ2n) is 17.1. The van der Waals surface area contributed by atoms with Crippen LogP contribution in [0.2, 0.25) is 0 Å². The monoisotopic (exact) mass is 793 g/mol. The quantitative estimate of drug-likeness (QED) is 0.0347. The third-order valence-corrected chi connectivity index (χ3v) is 11.4. The first kappa shape index (κ1) is 54.4. The molecule has 0 unspecified atom stereocenters. The Labute approximate surface area is 348 Å². The summed E-state index contributed by atoms with van der Waals surface area (Å²) in [4.78, 5) is 37.6. The van der Waals surface area contributed by atoms with Gasteiger partial charge in [0.05, 0.1) is 0 Å². The van der Waals surface area contributed by atoms with E-state index in [1.807, 2.05) is 0 Å². The van der Waals surface area contributed by atoms with Crippen LogP contribution in [0, 0.1) is 0 Å². The van der Waals surface area contributed by atoms with Gasteiger partial charge in [0.25, 0.3) is 0 Å². The molecule has 332 valence electrons. The van der Waals surface area contributed by atoms with Crippen LogP contribution in [0.15, 0.2) is 0 Å². The molecule has 0 aliphatic rings. The maximum absolute atomic E-state index is 12.7. The van der Waals surface area contributed by atoms with Crippen molar-refractivity contribution in [3.05, 3.63) is 0 Å². The summed E-state index contributed by atoms with van der Waals surface area (Å²) in [6.45, 7) is 6.60. The molecule has 0 saturated carbocycles. The number of hydrogen-bond acceptors (Lipinski definition) is 6. The van der Waals surface area contributed by atoms with E-state index in [1.54, 1.807) is 0 Å². The first-order chi connectivity index (χ1) is 27.5. The summed E-state index contributed by atoms with van der Waals surface area (Å²) >= 11 is 0. The summed E-state index contributed by atoms with van der Waals surface area (Å²) in [7, 11) is 0. The Morgan fingerprint density at radius 1 is 0.286 bits per heavy atom. The molecule has 6 heteroatoms. The van der Waals surface area contributed by atoms with Crippen molar-refractivity contribution in [2.45, 2.75) is 290 Å². The molecule has 0 amide bonds. The van der Waals surface area contributed by atoms with Crippen LogP contribution >= 0.6 is 0 Å². The van der Waals surface area contributed by atoms with Gasteiger partial charge in [0.2, 0.25) is 0 Å². The molecule has 0 N–H and O–H groups in total. The standard InChI is InChI=1S/C50H96O6/c1-4-7-10-13-15-17-19-21-23-24-25-27-29-31-33-35-38-41-44-50(53)56-47(45-54-48(51)42-39-36-12-9-6-3)46-55-49(52)43-40-37-34-32-30-28-26-22-20-18-16-14-11-8-5-2/h47H,4-46H2,1-3H3/t47-/m0/s1. The van der Waals surface area contributed by atoms with Crippen molar-refractivity contribution in [2.24, 2.45) is 0 Å². The number of rotatable bonds is 46. The highest BCUT2D eigenvalue weighted by molar-refractivity contribution is 5.71. The van der Waals surface area contributed by atoms with E-state index in [4.69, 9.17) is 14.2 Å². The van der Waals surface area contributed by atoms with Crippen LogP contribution in [-0.2, 0) is 28.6 Å². The second kappa shape index (κ2) is 46.1. The highest BCUT2D eigenvalue weighted by Gasteiger charge is 2.19. The van der Waals surface area contributed by atoms with Gasteiger partial charge in [-0.15, -0.1) is 0 Å². The van der Waals surface area contributed by atoms with Crippen LogP contribution in [0.5, 0.6) is 0 Å². The number of unbranched alkanes of at least 4 members (excludes halogenated alkanes) is 35. The number of ether oxygens (including phenoxy) is 3. The minimum atomic E-state index is -0.757. The van der Waals surface area contributed by atoms with E-state index in [2.05, 4.69) is 20.8 Å². The molecule has 0 rings (SSSR count). The van der Waals surface area contributed by atoms with Crippen LogP contribution in [0.3, 0.4) is 0 Å². The van der Waals surface area contributed by atoms with Gasteiger partial charge in [0, 0.05) is 19.3 Å². The first-order valence-electron chi connectivity index (χ1n) is 25.0. The molecule has 0 aromatic rings. The minimum Gasteiger partial charge on any atom is -0.462 e. The zero-order valence-corrected chi connectivity index (χ0v) is 37.9. The highest BCUT2D eigenvalue weighted by Crippen LogP contribution is 2.17. The van der Waals surface area contributed by atoms with E-state index >= 15 is 0 Å². The van der Waals surface area contributed by atoms with Gasteiger partial charge in [-0.3, -0.25) is 14.4 Å². The van der Waals surface area contributed by atoms with Gasteiger partial charge in [0.15, 0.2) is 6.10 Å². The lowest BCUT2D eigenvalue weighted by atomic mass is 10.0. The van der Waals surface area contributed by atoms with Gasteiger partial charge in [-0.2, -0.15) is 0 Å². The fraction of sp³-hybridized carbons (Fsp3) is 0.940. The van der Waals surface area contributed by atoms with E-state index in [9.17, 15) is 14.4 Å². The van der Waals surface area contributed by atoms with Gasteiger partial charge in [-0.1, -0.05) is 245 Å². The second-order valence-corrected chi connectivity index (χ2v) is 17.1. The molecule has 0 aliphatic heterocycles. The summed E-state index contributed by atoms with van der Waals surface area (Å²) in [6, 6.07) is 0. The summed E-state index contributed by atoms with van der Waals surface area (Å²) < 4.78 is 16.7. The van der Waals surface area contributed by atoms with E-state index < -0.39 is 6.10 Å². The Bertz CT molecular complexity index is 828. The fourth-order valence-corrected chi connectivity index (χ4v) is 7.56. The van der Waals surface area contributed by atoms with E-state index in [-0.39, 0.29) is 31.1 Å². The molecule has 0 aromatic carbocycles. The topological polar surface area (TPSA) is 78.9 Å². The largest absolute Gasteiger partial charge is 0.462 e. The maximum Gasteiger partial charge on any atom is 0.306 e. The van der Waals surface area contributed by atoms with Crippen molar-refractivity contribution in [2.75, 3.05) is 13.2 Å². The van der Waals surface area contributed by atoms with Crippen LogP contribution in [0.25, 0.3) is 0 Å². The summed E-state index contributed by atoms with van der Waals surface area (Å²) in [5.41, 5.74) is 0. The van der Waals surface area contributed by atoms with Crippen molar-refractivity contribution in [3.8, 4) is 0 Å². The average molecular weight is 793 g/mol. The van der Waals surface area contributed by atoms with E-state index in [0.29, 0.717) is 19.3 Å². The van der Waals surface area contributed by atoms with Gasteiger partial charge >= 0.3 is 17.9 Å². The minimum absolute atomic E-state index is 0.0633. The SMILES string of the molecule is CCCCCCCCCCCCCCCCCCCCC(=O)O[C@@H](COC(=O)CCCCCCC)COC(=O)CCCCCCCCCCCCCCCCC. The molecule has 0 spiro atoms. The summed E-state index contributed by atoms with van der Waals surface area (Å²) in [5, 5.41) is 0. The lowest BCUT2D eigenvalue weighted by molar-refractivity contribution is -0.167. The van der Waals surface area contributed by atoms with Crippen molar-refractivity contribution in [3.63, 3.8) is 0 Å². The Hall–Kier alpha value is -1.59. The summed E-state index contributed by atoms with van der Waals surface area (Å²) in [6.07, 6.45) is 48.3. The molecular formula is C50H96O6. The van der Waals surface area contributed by atoms with Crippen molar-refractivity contribution < 1.29 is 28.6 Å². The third kappa shape index (κ3) is 43.5. The average Bonchev–Trinajstić information content (AvgIpc) is 3.19. The Morgan fingerprint density at radius 2 is 0.482 bits per heavy atom. The number of hydrogen-bond donors (Lipinski definition) is 0. The number of carbonyl (C=O) groups is 3. The van der Waals surface area contributed by atoms with Crippen LogP contribution in [0.1, 0.15) is 284 Å². The van der Waals surface area contributed by atoms with Crippen molar-refractivity contribution >= 4 is 17.9 Å². The smallest absolute Gasteiger partial charge is 0.306 e. The molecule has 0 bridgehead atoms. The molecule has 1 atom stereocenters. The molecule has 0 radical (unpaired) electrons. The molecule has 0 aromatic heterocycles. The molecule has 56 heavy (non-hydrogen) atoms. The molecule has 0 saturated heterocycles. The molecule has 0 heterocycles. The molecule has 0 fully saturated rings. The van der Waals surface area contributed by atoms with Gasteiger partial charge < -0.3 is 14.2 Å². The van der Waals surface area contributed by atoms with Gasteiger partial charge in [0.1, 0.15) is 13.2 Å². The lowest BCUT2D eigenvalue weighted by Gasteiger charge is -2.18. The van der Waals surface area contributed by atoms with E-state index in [1.165, 1.54) is 180 Å². The normalized spacial score (nSPS) is 11.8. The van der Waals surface area contributed by atoms with Gasteiger partial charge in [-0.05, 0) is 19.3 Å². The van der Waals surface area contributed by atoms with Crippen molar-refractivity contribution in [1.29, 1.82) is 0 Å². The van der Waals surface area contributed by atoms with Crippen LogP contribution in [-0.4, -0.2) is 37.2 Å². The lowest BCUT2D eigenvalue weighted by Crippen LogP contribution is -2.30. The predicted octanol–water partition coefficient (Wildman–Crippen LogP) is 16.0. The Kier molecular flexibility index (Phi) is 44.8. The number of esters is 3. The van der Waals surface area contributed by atoms with Crippen LogP contribution < -0.4 is 0 Å². The highest BCUT2D eigenvalue weighted by atomic mass is 16.6. The fourth-order valence-electron chi connectivity index (χ4n) is 7.56. The van der Waals surface area contributed by atoms with Crippen molar-refractivity contribution in [1.82, 2.24) is 0 Å². The van der Waals surface area contributed by atoms with E-state index in [0.717, 1.165) is 64.2 Å².